The summed E-state index contributed by atoms with van der Waals surface area (Å²) in [6.45, 7) is 0. The van der Waals surface area contributed by atoms with Crippen molar-refractivity contribution >= 4 is 56.1 Å². The molecule has 0 saturated heterocycles. The summed E-state index contributed by atoms with van der Waals surface area (Å²) in [5.74, 6) is 0.712. The van der Waals surface area contributed by atoms with Crippen molar-refractivity contribution < 1.29 is 22.8 Å². The van der Waals surface area contributed by atoms with Crippen LogP contribution in [0.4, 0.5) is 18.9 Å². The number of carbonyl (C=O) groups is 1. The van der Waals surface area contributed by atoms with E-state index in [1.807, 2.05) is 0 Å². The van der Waals surface area contributed by atoms with Crippen molar-refractivity contribution in [1.29, 1.82) is 0 Å². The number of benzene rings is 1. The van der Waals surface area contributed by atoms with Crippen molar-refractivity contribution in [3.8, 4) is 5.69 Å². The molecule has 0 aliphatic carbocycles. The number of fused-ring (bicyclic) bond motifs is 2. The average Bonchev–Trinajstić information content (AvgIpc) is 3.30. The number of carbonyl (C=O) groups excluding carboxylic acids is 2. The molecule has 0 unspecified atom stereocenters. The molecule has 5 rings (SSSR count). The first-order valence-electron chi connectivity index (χ1n) is 9.96. The van der Waals surface area contributed by atoms with Crippen molar-refractivity contribution in [2.75, 3.05) is 5.32 Å². The lowest BCUT2D eigenvalue weighted by atomic mass is 10.0. The van der Waals surface area contributed by atoms with E-state index in [2.05, 4.69) is 41.6 Å². The third kappa shape index (κ3) is 3.98. The van der Waals surface area contributed by atoms with Crippen LogP contribution in [0, 0.1) is 0 Å². The Hall–Kier alpha value is -4.28. The summed E-state index contributed by atoms with van der Waals surface area (Å²) in [5.41, 5.74) is -0.364. The number of anilines is 1. The number of nitrogens with zero attached hydrogens (tertiary/aromatic N) is 4. The molecule has 8 nitrogen and oxygen atoms in total. The van der Waals surface area contributed by atoms with Gasteiger partial charge in [0.25, 0.3) is 5.91 Å². The Bertz CT molecular complexity index is 1590. The molecule has 0 atom stereocenters. The van der Waals surface area contributed by atoms with Gasteiger partial charge in [0.1, 0.15) is 10.3 Å². The number of aromatic nitrogens is 4. The van der Waals surface area contributed by atoms with Crippen molar-refractivity contribution in [2.24, 2.45) is 0 Å². The summed E-state index contributed by atoms with van der Waals surface area (Å²) in [6.07, 6.45) is 1.74. The maximum atomic E-state index is 14.2. The molecule has 0 radical (unpaired) electrons. The molecule has 2 N–H and O–H groups in total. The third-order valence-electron chi connectivity index (χ3n) is 5.26. The predicted octanol–water partition coefficient (Wildman–Crippen LogP) is 4.60. The van der Waals surface area contributed by atoms with Crippen molar-refractivity contribution in [3.63, 3.8) is 0 Å². The summed E-state index contributed by atoms with van der Waals surface area (Å²) in [7, 11) is 0. The predicted molar refractivity (Wildman–Crippen MR) is 125 cm³/mol. The van der Waals surface area contributed by atoms with E-state index in [1.54, 1.807) is 30.3 Å². The molecule has 12 heteroatoms. The fourth-order valence-electron chi connectivity index (χ4n) is 3.75. The lowest BCUT2D eigenvalue weighted by Gasteiger charge is -2.19. The van der Waals surface area contributed by atoms with E-state index in [0.29, 0.717) is 31.3 Å². The Morgan fingerprint density at radius 2 is 2.00 bits per heavy atom. The first-order chi connectivity index (χ1) is 16.8. The monoisotopic (exact) mass is 540 g/mol. The third-order valence-corrected chi connectivity index (χ3v) is 5.89. The molecular formula is C23H12BrF3N6O2. The zero-order chi connectivity index (χ0) is 24.7. The fourth-order valence-corrected chi connectivity index (χ4v) is 4.19. The topological polar surface area (TPSA) is 102 Å². The van der Waals surface area contributed by atoms with Crippen LogP contribution in [0.1, 0.15) is 27.2 Å². The van der Waals surface area contributed by atoms with E-state index in [4.69, 9.17) is 0 Å². The highest BCUT2D eigenvalue weighted by Crippen LogP contribution is 2.36. The van der Waals surface area contributed by atoms with Crippen molar-refractivity contribution in [1.82, 2.24) is 25.1 Å². The summed E-state index contributed by atoms with van der Waals surface area (Å²) in [5, 5.41) is 9.60. The number of hydrogen-bond acceptors (Lipinski definition) is 6. The molecule has 3 aromatic heterocycles. The van der Waals surface area contributed by atoms with Gasteiger partial charge < -0.3 is 10.6 Å². The number of alkyl halides is 3. The first-order valence-corrected chi connectivity index (χ1v) is 10.8. The molecule has 35 heavy (non-hydrogen) atoms. The van der Waals surface area contributed by atoms with Gasteiger partial charge in [-0.3, -0.25) is 9.78 Å². The van der Waals surface area contributed by atoms with Crippen LogP contribution in [0.3, 0.4) is 0 Å². The number of hydrogen-bond donors (Lipinski definition) is 2. The molecule has 4 aromatic rings. The highest BCUT2D eigenvalue weighted by molar-refractivity contribution is 9.10. The Morgan fingerprint density at radius 3 is 2.77 bits per heavy atom. The maximum Gasteiger partial charge on any atom is 0.434 e. The van der Waals surface area contributed by atoms with Gasteiger partial charge in [-0.05, 0) is 40.2 Å². The molecule has 174 valence electrons. The van der Waals surface area contributed by atoms with Gasteiger partial charge in [0.2, 0.25) is 0 Å². The Labute approximate surface area is 203 Å². The fraction of sp³-hybridized carbons (Fsp3) is 0.0435. The molecule has 1 amide bonds. The number of nitrogens with one attached hydrogen (secondary N) is 2. The number of halogens is 4. The lowest BCUT2D eigenvalue weighted by molar-refractivity contribution is -0.143. The summed E-state index contributed by atoms with van der Waals surface area (Å²) in [6, 6.07) is 7.68. The zero-order valence-electron chi connectivity index (χ0n) is 17.4. The second-order valence-corrected chi connectivity index (χ2v) is 8.11. The standard InChI is InChI=1S/C23H12BrF3N6O2/c24-21-15-8-12(9-30-17(15)5-7-29-21)32-22(35)16-10-31-33(20(16)23(25,26)27)19-3-1-2-13-14(19)4-6-28-18(13)11-34/h1-10,28H,(H,32,35). The van der Waals surface area contributed by atoms with Gasteiger partial charge >= 0.3 is 6.18 Å². The SMILES string of the molecule is O=C=C1NC=Cc2c1cccc2-n1ncc(C(=O)Nc2cnc3ccnc(Br)c3c2)c1C(F)(F)F. The van der Waals surface area contributed by atoms with Crippen LogP contribution in [0.15, 0.2) is 59.7 Å². The normalized spacial score (nSPS) is 12.7. The van der Waals surface area contributed by atoms with Gasteiger partial charge in [-0.1, -0.05) is 12.1 Å². The van der Waals surface area contributed by atoms with Crippen molar-refractivity contribution in [2.45, 2.75) is 6.18 Å². The van der Waals surface area contributed by atoms with Crippen LogP contribution >= 0.6 is 15.9 Å². The summed E-state index contributed by atoms with van der Waals surface area (Å²) >= 11 is 3.29. The average molecular weight is 541 g/mol. The van der Waals surface area contributed by atoms with Gasteiger partial charge in [0, 0.05) is 28.9 Å². The molecule has 4 heterocycles. The van der Waals surface area contributed by atoms with Gasteiger partial charge in [-0.15, -0.1) is 0 Å². The minimum atomic E-state index is -4.92. The maximum absolute atomic E-state index is 14.2. The van der Waals surface area contributed by atoms with Crippen LogP contribution < -0.4 is 10.6 Å². The molecule has 0 saturated carbocycles. The number of rotatable bonds is 3. The van der Waals surface area contributed by atoms with Gasteiger partial charge in [-0.25, -0.2) is 14.5 Å². The van der Waals surface area contributed by atoms with Crippen LogP contribution in [-0.4, -0.2) is 31.6 Å². The Kier molecular flexibility index (Phi) is 5.46. The van der Waals surface area contributed by atoms with E-state index < -0.39 is 23.3 Å². The minimum Gasteiger partial charge on any atom is -0.352 e. The molecule has 0 spiro atoms. The van der Waals surface area contributed by atoms with Crippen LogP contribution in [0.5, 0.6) is 0 Å². The minimum absolute atomic E-state index is 0.0433. The zero-order valence-corrected chi connectivity index (χ0v) is 19.0. The quantitative estimate of drug-likeness (QED) is 0.291. The first kappa shape index (κ1) is 22.5. The number of amides is 1. The van der Waals surface area contributed by atoms with E-state index in [9.17, 15) is 22.8 Å². The lowest BCUT2D eigenvalue weighted by Crippen LogP contribution is -2.21. The van der Waals surface area contributed by atoms with E-state index >= 15 is 0 Å². The van der Waals surface area contributed by atoms with Crippen molar-refractivity contribution in [3.05, 3.63) is 82.1 Å². The molecule has 0 fully saturated rings. The second-order valence-electron chi connectivity index (χ2n) is 7.36. The molecule has 1 aliphatic rings. The summed E-state index contributed by atoms with van der Waals surface area (Å²) in [4.78, 5) is 32.5. The highest BCUT2D eigenvalue weighted by atomic mass is 79.9. The molecule has 0 bridgehead atoms. The van der Waals surface area contributed by atoms with Gasteiger partial charge in [0.15, 0.2) is 11.6 Å². The molecule has 1 aliphatic heterocycles. The smallest absolute Gasteiger partial charge is 0.352 e. The second kappa shape index (κ2) is 8.49. The van der Waals surface area contributed by atoms with Crippen LogP contribution in [0.25, 0.3) is 28.4 Å². The Balaban J connectivity index is 1.59. The van der Waals surface area contributed by atoms with Gasteiger partial charge in [0.05, 0.1) is 34.8 Å². The van der Waals surface area contributed by atoms with Crippen LogP contribution in [-0.2, 0) is 11.0 Å². The molecular weight excluding hydrogens is 529 g/mol. The Morgan fingerprint density at radius 1 is 1.17 bits per heavy atom. The van der Waals surface area contributed by atoms with E-state index in [1.165, 1.54) is 30.6 Å². The van der Waals surface area contributed by atoms with E-state index in [-0.39, 0.29) is 17.1 Å². The molecule has 1 aromatic carbocycles. The van der Waals surface area contributed by atoms with E-state index in [0.717, 1.165) is 6.20 Å². The van der Waals surface area contributed by atoms with Gasteiger partial charge in [-0.2, -0.15) is 18.3 Å². The summed E-state index contributed by atoms with van der Waals surface area (Å²) < 4.78 is 43.7. The number of pyridine rings is 2. The van der Waals surface area contributed by atoms with Crippen LogP contribution in [0.2, 0.25) is 0 Å². The largest absolute Gasteiger partial charge is 0.434 e. The highest BCUT2D eigenvalue weighted by Gasteiger charge is 2.41.